The summed E-state index contributed by atoms with van der Waals surface area (Å²) in [5.41, 5.74) is 1.52. The molecule has 2 aromatic heterocycles. The SMILES string of the molecule is C=CCN(Cc1cccs1)C(=O)c1ccc(C)nc1. The van der Waals surface area contributed by atoms with Gasteiger partial charge in [0.2, 0.25) is 0 Å². The van der Waals surface area contributed by atoms with Crippen LogP contribution in [0.3, 0.4) is 0 Å². The zero-order valence-electron chi connectivity index (χ0n) is 10.9. The van der Waals surface area contributed by atoms with E-state index in [0.29, 0.717) is 18.7 Å². The van der Waals surface area contributed by atoms with Crippen molar-refractivity contribution in [2.45, 2.75) is 13.5 Å². The minimum atomic E-state index is -0.0131. The Balaban J connectivity index is 2.16. The Bertz CT molecular complexity index is 546. The smallest absolute Gasteiger partial charge is 0.256 e. The molecule has 0 N–H and O–H groups in total. The minimum absolute atomic E-state index is 0.0131. The van der Waals surface area contributed by atoms with Crippen LogP contribution in [0.15, 0.2) is 48.5 Å². The van der Waals surface area contributed by atoms with E-state index < -0.39 is 0 Å². The molecule has 0 atom stereocenters. The maximum atomic E-state index is 12.4. The van der Waals surface area contributed by atoms with E-state index in [1.807, 2.05) is 36.6 Å². The van der Waals surface area contributed by atoms with Crippen LogP contribution in [-0.2, 0) is 6.54 Å². The molecule has 4 heteroatoms. The molecule has 2 aromatic rings. The van der Waals surface area contributed by atoms with Crippen LogP contribution >= 0.6 is 11.3 Å². The summed E-state index contributed by atoms with van der Waals surface area (Å²) in [6, 6.07) is 7.69. The molecular formula is C15H16N2OS. The molecule has 19 heavy (non-hydrogen) atoms. The Morgan fingerprint density at radius 2 is 2.32 bits per heavy atom. The largest absolute Gasteiger partial charge is 0.330 e. The van der Waals surface area contributed by atoms with Crippen LogP contribution in [-0.4, -0.2) is 22.3 Å². The molecule has 2 heterocycles. The average molecular weight is 272 g/mol. The van der Waals surface area contributed by atoms with E-state index in [2.05, 4.69) is 11.6 Å². The molecule has 0 aliphatic carbocycles. The Morgan fingerprint density at radius 3 is 2.89 bits per heavy atom. The van der Waals surface area contributed by atoms with Gasteiger partial charge >= 0.3 is 0 Å². The molecule has 3 nitrogen and oxygen atoms in total. The van der Waals surface area contributed by atoms with Crippen molar-refractivity contribution in [1.82, 2.24) is 9.88 Å². The van der Waals surface area contributed by atoms with Gasteiger partial charge in [-0.25, -0.2) is 0 Å². The number of hydrogen-bond acceptors (Lipinski definition) is 3. The van der Waals surface area contributed by atoms with Gasteiger partial charge in [-0.15, -0.1) is 17.9 Å². The number of hydrogen-bond donors (Lipinski definition) is 0. The molecule has 2 rings (SSSR count). The Labute approximate surface area is 117 Å². The summed E-state index contributed by atoms with van der Waals surface area (Å²) in [7, 11) is 0. The fourth-order valence-electron chi connectivity index (χ4n) is 1.74. The van der Waals surface area contributed by atoms with Crippen LogP contribution < -0.4 is 0 Å². The molecule has 0 saturated carbocycles. The Kier molecular flexibility index (Phi) is 4.47. The van der Waals surface area contributed by atoms with Gasteiger partial charge in [-0.1, -0.05) is 12.1 Å². The molecule has 0 bridgehead atoms. The van der Waals surface area contributed by atoms with E-state index in [1.165, 1.54) is 0 Å². The number of aromatic nitrogens is 1. The van der Waals surface area contributed by atoms with Gasteiger partial charge < -0.3 is 4.90 Å². The van der Waals surface area contributed by atoms with Crippen LogP contribution in [0.25, 0.3) is 0 Å². The molecule has 0 aromatic carbocycles. The van der Waals surface area contributed by atoms with Crippen molar-refractivity contribution in [2.24, 2.45) is 0 Å². The molecule has 0 aliphatic heterocycles. The van der Waals surface area contributed by atoms with Crippen molar-refractivity contribution >= 4 is 17.2 Å². The number of rotatable bonds is 5. The summed E-state index contributed by atoms with van der Waals surface area (Å²) in [6.45, 7) is 6.76. The standard InChI is InChI=1S/C15H16N2OS/c1-3-8-17(11-14-5-4-9-19-14)15(18)13-7-6-12(2)16-10-13/h3-7,9-10H,1,8,11H2,2H3. The zero-order chi connectivity index (χ0) is 13.7. The first kappa shape index (κ1) is 13.5. The highest BCUT2D eigenvalue weighted by atomic mass is 32.1. The third kappa shape index (κ3) is 3.51. The van der Waals surface area contributed by atoms with Gasteiger partial charge in [0.15, 0.2) is 0 Å². The summed E-state index contributed by atoms with van der Waals surface area (Å²) >= 11 is 1.65. The summed E-state index contributed by atoms with van der Waals surface area (Å²) in [5, 5.41) is 2.01. The monoisotopic (exact) mass is 272 g/mol. The van der Waals surface area contributed by atoms with Crippen molar-refractivity contribution in [2.75, 3.05) is 6.54 Å². The van der Waals surface area contributed by atoms with Gasteiger partial charge in [0.25, 0.3) is 5.91 Å². The van der Waals surface area contributed by atoms with Crippen molar-refractivity contribution < 1.29 is 4.79 Å². The van der Waals surface area contributed by atoms with E-state index in [1.54, 1.807) is 28.5 Å². The lowest BCUT2D eigenvalue weighted by molar-refractivity contribution is 0.0764. The molecule has 0 fully saturated rings. The van der Waals surface area contributed by atoms with Gasteiger partial charge in [0, 0.05) is 23.3 Å². The van der Waals surface area contributed by atoms with Gasteiger partial charge in [0.05, 0.1) is 12.1 Å². The third-order valence-corrected chi connectivity index (χ3v) is 3.58. The predicted molar refractivity (Wildman–Crippen MR) is 78.2 cm³/mol. The summed E-state index contributed by atoms with van der Waals surface area (Å²) in [6.07, 6.45) is 3.37. The molecule has 0 spiro atoms. The van der Waals surface area contributed by atoms with Gasteiger partial charge in [-0.05, 0) is 30.5 Å². The second-order valence-electron chi connectivity index (χ2n) is 4.24. The number of pyridine rings is 1. The van der Waals surface area contributed by atoms with Gasteiger partial charge in [-0.3, -0.25) is 9.78 Å². The number of carbonyl (C=O) groups is 1. The summed E-state index contributed by atoms with van der Waals surface area (Å²) < 4.78 is 0. The van der Waals surface area contributed by atoms with E-state index in [9.17, 15) is 4.79 Å². The van der Waals surface area contributed by atoms with Crippen molar-refractivity contribution in [3.8, 4) is 0 Å². The van der Waals surface area contributed by atoms with E-state index in [4.69, 9.17) is 0 Å². The molecule has 0 radical (unpaired) electrons. The first-order valence-electron chi connectivity index (χ1n) is 6.06. The van der Waals surface area contributed by atoms with E-state index in [0.717, 1.165) is 10.6 Å². The first-order valence-corrected chi connectivity index (χ1v) is 6.94. The van der Waals surface area contributed by atoms with Crippen LogP contribution in [0.5, 0.6) is 0 Å². The van der Waals surface area contributed by atoms with Gasteiger partial charge in [-0.2, -0.15) is 0 Å². The minimum Gasteiger partial charge on any atom is -0.330 e. The molecular weight excluding hydrogens is 256 g/mol. The molecule has 0 unspecified atom stereocenters. The highest BCUT2D eigenvalue weighted by Gasteiger charge is 2.15. The van der Waals surface area contributed by atoms with E-state index >= 15 is 0 Å². The summed E-state index contributed by atoms with van der Waals surface area (Å²) in [5.74, 6) is -0.0131. The lowest BCUT2D eigenvalue weighted by Crippen LogP contribution is -2.30. The first-order chi connectivity index (χ1) is 9.20. The second kappa shape index (κ2) is 6.29. The molecule has 1 amide bonds. The van der Waals surface area contributed by atoms with Crippen molar-refractivity contribution in [1.29, 1.82) is 0 Å². The highest BCUT2D eigenvalue weighted by molar-refractivity contribution is 7.09. The Hall–Kier alpha value is -1.94. The molecule has 98 valence electrons. The van der Waals surface area contributed by atoms with E-state index in [-0.39, 0.29) is 5.91 Å². The number of carbonyl (C=O) groups excluding carboxylic acids is 1. The van der Waals surface area contributed by atoms with Crippen molar-refractivity contribution in [3.63, 3.8) is 0 Å². The van der Waals surface area contributed by atoms with Gasteiger partial charge in [0.1, 0.15) is 0 Å². The maximum absolute atomic E-state index is 12.4. The normalized spacial score (nSPS) is 10.2. The quantitative estimate of drug-likeness (QED) is 0.783. The molecule has 0 aliphatic rings. The predicted octanol–water partition coefficient (Wildman–Crippen LogP) is 3.28. The lowest BCUT2D eigenvalue weighted by atomic mass is 10.2. The maximum Gasteiger partial charge on any atom is 0.256 e. The van der Waals surface area contributed by atoms with Crippen molar-refractivity contribution in [3.05, 3.63) is 64.6 Å². The lowest BCUT2D eigenvalue weighted by Gasteiger charge is -2.20. The molecule has 0 saturated heterocycles. The van der Waals surface area contributed by atoms with Crippen LogP contribution in [0.1, 0.15) is 20.9 Å². The number of nitrogens with zero attached hydrogens (tertiary/aromatic N) is 2. The van der Waals surface area contributed by atoms with Crippen LogP contribution in [0, 0.1) is 6.92 Å². The third-order valence-electron chi connectivity index (χ3n) is 2.72. The topological polar surface area (TPSA) is 33.2 Å². The number of aryl methyl sites for hydroxylation is 1. The second-order valence-corrected chi connectivity index (χ2v) is 5.27. The highest BCUT2D eigenvalue weighted by Crippen LogP contribution is 2.14. The number of amides is 1. The number of thiophene rings is 1. The fourth-order valence-corrected chi connectivity index (χ4v) is 2.46. The average Bonchev–Trinajstić information content (AvgIpc) is 2.91. The Morgan fingerprint density at radius 1 is 1.47 bits per heavy atom. The summed E-state index contributed by atoms with van der Waals surface area (Å²) in [4.78, 5) is 19.5. The van der Waals surface area contributed by atoms with Crippen LogP contribution in [0.2, 0.25) is 0 Å². The zero-order valence-corrected chi connectivity index (χ0v) is 11.7. The fraction of sp³-hybridized carbons (Fsp3) is 0.200. The van der Waals surface area contributed by atoms with Crippen LogP contribution in [0.4, 0.5) is 0 Å².